The molecule has 0 aromatic carbocycles. The normalized spacial score (nSPS) is 20.2. The molecule has 4 heteroatoms. The molecule has 1 fully saturated rings. The number of nitrogens with zero attached hydrogens (tertiary/aromatic N) is 2. The monoisotopic (exact) mass is 251 g/mol. The van der Waals surface area contributed by atoms with Crippen molar-refractivity contribution in [2.24, 2.45) is 5.92 Å². The summed E-state index contributed by atoms with van der Waals surface area (Å²) in [6.07, 6.45) is 3.66. The van der Waals surface area contributed by atoms with Gasteiger partial charge in [0.1, 0.15) is 0 Å². The highest BCUT2D eigenvalue weighted by molar-refractivity contribution is 5.06. The molecule has 1 unspecified atom stereocenters. The van der Waals surface area contributed by atoms with Gasteiger partial charge in [-0.3, -0.25) is 4.68 Å². The molecule has 0 spiro atoms. The lowest BCUT2D eigenvalue weighted by Gasteiger charge is -2.22. The zero-order chi connectivity index (χ0) is 12.8. The molecular weight excluding hydrogens is 226 g/mol. The second kappa shape index (κ2) is 6.90. The van der Waals surface area contributed by atoms with Crippen LogP contribution in [0.3, 0.4) is 0 Å². The van der Waals surface area contributed by atoms with Gasteiger partial charge in [0, 0.05) is 25.4 Å². The van der Waals surface area contributed by atoms with Crippen molar-refractivity contribution in [1.29, 1.82) is 0 Å². The molecule has 4 nitrogen and oxygen atoms in total. The van der Waals surface area contributed by atoms with E-state index in [-0.39, 0.29) is 0 Å². The standard InChI is InChI=1S/C14H25N3O/c1-12-9-13(2)17(16-12)7-4-6-15-10-14-5-3-8-18-11-14/h9,14-15H,3-8,10-11H2,1-2H3. The Labute approximate surface area is 110 Å². The van der Waals surface area contributed by atoms with Crippen molar-refractivity contribution >= 4 is 0 Å². The van der Waals surface area contributed by atoms with Gasteiger partial charge in [-0.2, -0.15) is 5.10 Å². The molecule has 102 valence electrons. The minimum Gasteiger partial charge on any atom is -0.381 e. The van der Waals surface area contributed by atoms with Crippen LogP contribution in [-0.4, -0.2) is 36.1 Å². The molecule has 1 saturated heterocycles. The topological polar surface area (TPSA) is 39.1 Å². The first-order chi connectivity index (χ1) is 8.75. The van der Waals surface area contributed by atoms with E-state index in [0.717, 1.165) is 45.0 Å². The Kier molecular flexibility index (Phi) is 5.20. The van der Waals surface area contributed by atoms with Crippen LogP contribution in [0.4, 0.5) is 0 Å². The summed E-state index contributed by atoms with van der Waals surface area (Å²) in [6, 6.07) is 2.13. The van der Waals surface area contributed by atoms with Crippen molar-refractivity contribution in [3.8, 4) is 0 Å². The van der Waals surface area contributed by atoms with Crippen LogP contribution in [0.1, 0.15) is 30.7 Å². The largest absolute Gasteiger partial charge is 0.381 e. The van der Waals surface area contributed by atoms with Gasteiger partial charge < -0.3 is 10.1 Å². The van der Waals surface area contributed by atoms with Crippen molar-refractivity contribution in [3.63, 3.8) is 0 Å². The summed E-state index contributed by atoms with van der Waals surface area (Å²) in [5.74, 6) is 0.715. The fourth-order valence-electron chi connectivity index (χ4n) is 2.53. The van der Waals surface area contributed by atoms with E-state index in [9.17, 15) is 0 Å². The maximum atomic E-state index is 5.47. The molecule has 2 rings (SSSR count). The third kappa shape index (κ3) is 4.10. The maximum Gasteiger partial charge on any atom is 0.0596 e. The Bertz CT molecular complexity index is 356. The Morgan fingerprint density at radius 3 is 3.06 bits per heavy atom. The van der Waals surface area contributed by atoms with Gasteiger partial charge in [-0.05, 0) is 51.6 Å². The minimum absolute atomic E-state index is 0.715. The van der Waals surface area contributed by atoms with Gasteiger partial charge >= 0.3 is 0 Å². The number of nitrogens with one attached hydrogen (secondary N) is 1. The predicted octanol–water partition coefficient (Wildman–Crippen LogP) is 1.91. The average molecular weight is 251 g/mol. The zero-order valence-corrected chi connectivity index (χ0v) is 11.6. The van der Waals surface area contributed by atoms with Crippen molar-refractivity contribution < 1.29 is 4.74 Å². The van der Waals surface area contributed by atoms with E-state index < -0.39 is 0 Å². The Morgan fingerprint density at radius 1 is 1.50 bits per heavy atom. The molecule has 0 saturated carbocycles. The van der Waals surface area contributed by atoms with E-state index in [0.29, 0.717) is 5.92 Å². The molecule has 1 N–H and O–H groups in total. The third-order valence-electron chi connectivity index (χ3n) is 3.51. The van der Waals surface area contributed by atoms with Crippen LogP contribution in [0.25, 0.3) is 0 Å². The van der Waals surface area contributed by atoms with Gasteiger partial charge in [0.15, 0.2) is 0 Å². The first kappa shape index (κ1) is 13.6. The van der Waals surface area contributed by atoms with Gasteiger partial charge in [0.25, 0.3) is 0 Å². The Morgan fingerprint density at radius 2 is 2.39 bits per heavy atom. The fraction of sp³-hybridized carbons (Fsp3) is 0.786. The van der Waals surface area contributed by atoms with Gasteiger partial charge in [-0.15, -0.1) is 0 Å². The molecule has 0 aliphatic carbocycles. The van der Waals surface area contributed by atoms with Gasteiger partial charge in [0.05, 0.1) is 12.3 Å². The second-order valence-electron chi connectivity index (χ2n) is 5.29. The summed E-state index contributed by atoms with van der Waals surface area (Å²) in [5, 5.41) is 8.00. The highest BCUT2D eigenvalue weighted by Crippen LogP contribution is 2.12. The summed E-state index contributed by atoms with van der Waals surface area (Å²) < 4.78 is 7.57. The molecule has 18 heavy (non-hydrogen) atoms. The average Bonchev–Trinajstić information content (AvgIpc) is 2.69. The van der Waals surface area contributed by atoms with Crippen LogP contribution in [0.2, 0.25) is 0 Å². The van der Waals surface area contributed by atoms with Crippen LogP contribution in [0.5, 0.6) is 0 Å². The van der Waals surface area contributed by atoms with Crippen molar-refractivity contribution in [1.82, 2.24) is 15.1 Å². The number of rotatable bonds is 6. The van der Waals surface area contributed by atoms with Crippen molar-refractivity contribution in [2.75, 3.05) is 26.3 Å². The van der Waals surface area contributed by atoms with Crippen LogP contribution in [0.15, 0.2) is 6.07 Å². The van der Waals surface area contributed by atoms with E-state index in [1.54, 1.807) is 0 Å². The number of aromatic nitrogens is 2. The maximum absolute atomic E-state index is 5.47. The first-order valence-corrected chi connectivity index (χ1v) is 7.05. The summed E-state index contributed by atoms with van der Waals surface area (Å²) in [7, 11) is 0. The van der Waals surface area contributed by atoms with Crippen molar-refractivity contribution in [2.45, 2.75) is 39.7 Å². The molecule has 1 aliphatic heterocycles. The third-order valence-corrected chi connectivity index (χ3v) is 3.51. The Hall–Kier alpha value is -0.870. The smallest absolute Gasteiger partial charge is 0.0596 e. The van der Waals surface area contributed by atoms with Gasteiger partial charge in [-0.1, -0.05) is 0 Å². The summed E-state index contributed by atoms with van der Waals surface area (Å²) in [5.41, 5.74) is 2.37. The number of hydrogen-bond donors (Lipinski definition) is 1. The highest BCUT2D eigenvalue weighted by Gasteiger charge is 2.12. The van der Waals surface area contributed by atoms with Gasteiger partial charge in [-0.25, -0.2) is 0 Å². The van der Waals surface area contributed by atoms with E-state index in [1.807, 2.05) is 6.92 Å². The van der Waals surface area contributed by atoms with E-state index in [1.165, 1.54) is 18.5 Å². The fourth-order valence-corrected chi connectivity index (χ4v) is 2.53. The van der Waals surface area contributed by atoms with E-state index >= 15 is 0 Å². The molecule has 2 heterocycles. The molecule has 1 aromatic rings. The summed E-state index contributed by atoms with van der Waals surface area (Å²) in [6.45, 7) is 9.22. The number of aryl methyl sites for hydroxylation is 3. The first-order valence-electron chi connectivity index (χ1n) is 7.05. The van der Waals surface area contributed by atoms with Crippen LogP contribution >= 0.6 is 0 Å². The van der Waals surface area contributed by atoms with Crippen LogP contribution < -0.4 is 5.32 Å². The molecule has 1 aromatic heterocycles. The quantitative estimate of drug-likeness (QED) is 0.785. The predicted molar refractivity (Wildman–Crippen MR) is 72.7 cm³/mol. The molecule has 0 amide bonds. The molecule has 1 atom stereocenters. The van der Waals surface area contributed by atoms with Crippen molar-refractivity contribution in [3.05, 3.63) is 17.5 Å². The second-order valence-corrected chi connectivity index (χ2v) is 5.29. The Balaban J connectivity index is 1.57. The summed E-state index contributed by atoms with van der Waals surface area (Å²) in [4.78, 5) is 0. The number of ether oxygens (including phenoxy) is 1. The molecule has 0 bridgehead atoms. The lowest BCUT2D eigenvalue weighted by Crippen LogP contribution is -2.30. The minimum atomic E-state index is 0.715. The molecule has 0 radical (unpaired) electrons. The SMILES string of the molecule is Cc1cc(C)n(CCCNCC2CCCOC2)n1. The number of hydrogen-bond acceptors (Lipinski definition) is 3. The molecule has 1 aliphatic rings. The van der Waals surface area contributed by atoms with Gasteiger partial charge in [0.2, 0.25) is 0 Å². The molecular formula is C14H25N3O. The van der Waals surface area contributed by atoms with E-state index in [4.69, 9.17) is 4.74 Å². The van der Waals surface area contributed by atoms with E-state index in [2.05, 4.69) is 28.1 Å². The zero-order valence-electron chi connectivity index (χ0n) is 11.6. The lowest BCUT2D eigenvalue weighted by atomic mass is 10.0. The van der Waals surface area contributed by atoms with Crippen LogP contribution in [-0.2, 0) is 11.3 Å². The van der Waals surface area contributed by atoms with Crippen LogP contribution in [0, 0.1) is 19.8 Å². The summed E-state index contributed by atoms with van der Waals surface area (Å²) >= 11 is 0. The highest BCUT2D eigenvalue weighted by atomic mass is 16.5. The lowest BCUT2D eigenvalue weighted by molar-refractivity contribution is 0.0549.